The first-order chi connectivity index (χ1) is 20.5. The minimum absolute atomic E-state index is 0. The van der Waals surface area contributed by atoms with Crippen molar-refractivity contribution in [2.24, 2.45) is 10.2 Å². The van der Waals surface area contributed by atoms with Crippen LogP contribution in [0.25, 0.3) is 20.8 Å². The molecular weight excluding hydrogens is 596 g/mol. The molecule has 0 fully saturated rings. The monoisotopic (exact) mass is 629 g/mol. The van der Waals surface area contributed by atoms with Crippen LogP contribution in [0.5, 0.6) is 0 Å². The SMILES string of the molecule is CCCN(CCO)CCO.Cc1ccc2nc(-c3ccc(N=Nc4c(C)nc(NC#N)[nH]c4=O)cc3)sc2c1S(=O)(=O)[O-].[HH]. The molecule has 2 aromatic carbocycles. The summed E-state index contributed by atoms with van der Waals surface area (Å²) in [6, 6.07) is 9.99. The third kappa shape index (κ3) is 8.94. The van der Waals surface area contributed by atoms with Gasteiger partial charge in [-0.25, -0.2) is 18.4 Å². The second kappa shape index (κ2) is 15.4. The Kier molecular flexibility index (Phi) is 11.9. The van der Waals surface area contributed by atoms with Crippen molar-refractivity contribution < 1.29 is 24.6 Å². The van der Waals surface area contributed by atoms with Gasteiger partial charge in [0.25, 0.3) is 5.56 Å². The molecule has 0 saturated heterocycles. The maximum absolute atomic E-state index is 12.1. The molecule has 0 aliphatic rings. The number of nitrogens with one attached hydrogen (secondary N) is 2. The molecule has 0 unspecified atom stereocenters. The number of nitrogens with zero attached hydrogens (tertiary/aromatic N) is 6. The zero-order valence-corrected chi connectivity index (χ0v) is 25.4. The van der Waals surface area contributed by atoms with E-state index >= 15 is 0 Å². The number of benzene rings is 2. The van der Waals surface area contributed by atoms with E-state index in [0.29, 0.717) is 50.8 Å². The van der Waals surface area contributed by atoms with Gasteiger partial charge in [-0.15, -0.1) is 16.5 Å². The highest BCUT2D eigenvalue weighted by Crippen LogP contribution is 2.36. The first kappa shape index (κ1) is 33.4. The normalized spacial score (nSPS) is 11.5. The summed E-state index contributed by atoms with van der Waals surface area (Å²) < 4.78 is 35.4. The van der Waals surface area contributed by atoms with Crippen molar-refractivity contribution in [1.82, 2.24) is 19.9 Å². The number of aliphatic hydroxyl groups is 2. The van der Waals surface area contributed by atoms with Gasteiger partial charge in [0.05, 0.1) is 39.7 Å². The molecule has 0 atom stereocenters. The number of aliphatic hydroxyl groups excluding tert-OH is 2. The molecule has 16 heteroatoms. The van der Waals surface area contributed by atoms with Crippen LogP contribution in [0, 0.1) is 25.3 Å². The van der Waals surface area contributed by atoms with Crippen LogP contribution in [0.15, 0.2) is 56.3 Å². The van der Waals surface area contributed by atoms with Gasteiger partial charge in [-0.1, -0.05) is 13.0 Å². The van der Waals surface area contributed by atoms with Crippen molar-refractivity contribution >= 4 is 49.0 Å². The number of thiazole rings is 1. The lowest BCUT2D eigenvalue weighted by Crippen LogP contribution is -2.30. The lowest BCUT2D eigenvalue weighted by molar-refractivity contribution is 0.161. The van der Waals surface area contributed by atoms with Crippen LogP contribution in [0.1, 0.15) is 26.0 Å². The van der Waals surface area contributed by atoms with Gasteiger partial charge in [0.1, 0.15) is 15.1 Å². The summed E-state index contributed by atoms with van der Waals surface area (Å²) in [7, 11) is -4.64. The number of aryl methyl sites for hydroxylation is 2. The molecule has 0 saturated carbocycles. The Labute approximate surface area is 253 Å². The average Bonchev–Trinajstić information content (AvgIpc) is 3.37. The fourth-order valence-electron chi connectivity index (χ4n) is 4.02. The van der Waals surface area contributed by atoms with Crippen molar-refractivity contribution in [3.05, 3.63) is 58.0 Å². The number of aromatic amines is 1. The number of azo groups is 1. The van der Waals surface area contributed by atoms with Gasteiger partial charge < -0.3 is 14.8 Å². The number of fused-ring (bicyclic) bond motifs is 1. The number of H-pyrrole nitrogens is 1. The van der Waals surface area contributed by atoms with Crippen molar-refractivity contribution in [3.8, 4) is 16.8 Å². The molecule has 2 aromatic heterocycles. The predicted octanol–water partition coefficient (Wildman–Crippen LogP) is 3.80. The third-order valence-electron chi connectivity index (χ3n) is 5.95. The van der Waals surface area contributed by atoms with E-state index in [9.17, 15) is 17.8 Å². The molecule has 0 bridgehead atoms. The van der Waals surface area contributed by atoms with E-state index in [1.165, 1.54) is 0 Å². The van der Waals surface area contributed by atoms with E-state index in [1.807, 2.05) is 4.90 Å². The number of rotatable bonds is 11. The molecule has 14 nitrogen and oxygen atoms in total. The Balaban J connectivity index is 0.000000531. The molecule has 2 heterocycles. The zero-order chi connectivity index (χ0) is 31.6. The molecule has 4 N–H and O–H groups in total. The molecule has 230 valence electrons. The Morgan fingerprint density at radius 2 is 1.77 bits per heavy atom. The Morgan fingerprint density at radius 1 is 1.09 bits per heavy atom. The summed E-state index contributed by atoms with van der Waals surface area (Å²) in [6.45, 7) is 7.89. The number of aromatic nitrogens is 3. The first-order valence-corrected chi connectivity index (χ1v) is 15.3. The molecule has 43 heavy (non-hydrogen) atoms. The minimum atomic E-state index is -4.64. The smallest absolute Gasteiger partial charge is 0.280 e. The molecular formula is C27H33N8O6S2-. The van der Waals surface area contributed by atoms with E-state index in [2.05, 4.69) is 37.4 Å². The van der Waals surface area contributed by atoms with Gasteiger partial charge in [-0.2, -0.15) is 10.4 Å². The molecule has 0 spiro atoms. The molecule has 4 aromatic rings. The van der Waals surface area contributed by atoms with Gasteiger partial charge in [-0.3, -0.25) is 20.0 Å². The molecule has 4 rings (SSSR count). The average molecular weight is 630 g/mol. The van der Waals surface area contributed by atoms with E-state index in [4.69, 9.17) is 15.5 Å². The van der Waals surface area contributed by atoms with Crippen LogP contribution in [0.2, 0.25) is 0 Å². The van der Waals surface area contributed by atoms with E-state index < -0.39 is 15.7 Å². The maximum Gasteiger partial charge on any atom is 0.280 e. The second-order valence-corrected chi connectivity index (χ2v) is 11.5. The fraction of sp³-hybridized carbons (Fsp3) is 0.333. The summed E-state index contributed by atoms with van der Waals surface area (Å²) in [5.74, 6) is 0.0160. The van der Waals surface area contributed by atoms with Crippen LogP contribution >= 0.6 is 11.3 Å². The van der Waals surface area contributed by atoms with Crippen LogP contribution in [0.4, 0.5) is 17.3 Å². The first-order valence-electron chi connectivity index (χ1n) is 13.1. The zero-order valence-electron chi connectivity index (χ0n) is 23.7. The van der Waals surface area contributed by atoms with E-state index in [1.54, 1.807) is 56.4 Å². The third-order valence-corrected chi connectivity index (χ3v) is 8.25. The summed E-state index contributed by atoms with van der Waals surface area (Å²) in [4.78, 5) is 24.8. The lowest BCUT2D eigenvalue weighted by Gasteiger charge is -2.18. The Bertz CT molecular complexity index is 1770. The standard InChI is InChI=1S/C20H15N7O4S2.C7H17NO2.H2/c1-10-3-8-14-16(17(10)33(29,30)31)32-19(24-14)12-4-6-13(7-5-12)26-27-15-11(2)23-20(22-9-21)25-18(15)28;1-2-3-8(4-6-9)5-7-10;/h3-8H,1-2H3,(H,29,30,31)(H2,22,23,25,28);9-10H,2-7H2,1H3;1H/p-1. The Morgan fingerprint density at radius 3 is 2.33 bits per heavy atom. The molecule has 0 aliphatic heterocycles. The summed E-state index contributed by atoms with van der Waals surface area (Å²) in [5.41, 5.74) is 1.71. The van der Waals surface area contributed by atoms with E-state index in [-0.39, 0.29) is 31.2 Å². The van der Waals surface area contributed by atoms with Crippen molar-refractivity contribution in [2.45, 2.75) is 32.1 Å². The largest absolute Gasteiger partial charge is 0.744 e. The minimum Gasteiger partial charge on any atom is -0.744 e. The highest BCUT2D eigenvalue weighted by atomic mass is 32.2. The molecule has 0 aliphatic carbocycles. The fourth-order valence-corrected chi connectivity index (χ4v) is 6.31. The number of nitriles is 1. The quantitative estimate of drug-likeness (QED) is 0.0808. The number of hydrogen-bond acceptors (Lipinski definition) is 14. The summed E-state index contributed by atoms with van der Waals surface area (Å²) >= 11 is 1.12. The molecule has 0 radical (unpaired) electrons. The van der Waals surface area contributed by atoms with Crippen LogP contribution in [0.3, 0.4) is 0 Å². The Hall–Kier alpha value is -4.11. The van der Waals surface area contributed by atoms with Gasteiger partial charge in [0.2, 0.25) is 5.95 Å². The van der Waals surface area contributed by atoms with Crippen LogP contribution < -0.4 is 10.9 Å². The topological polar surface area (TPSA) is 220 Å². The van der Waals surface area contributed by atoms with Crippen molar-refractivity contribution in [3.63, 3.8) is 0 Å². The van der Waals surface area contributed by atoms with Crippen molar-refractivity contribution in [1.29, 1.82) is 5.26 Å². The van der Waals surface area contributed by atoms with Gasteiger partial charge in [-0.05, 0) is 62.7 Å². The second-order valence-electron chi connectivity index (χ2n) is 9.15. The van der Waals surface area contributed by atoms with Crippen LogP contribution in [-0.4, -0.2) is 75.9 Å². The summed E-state index contributed by atoms with van der Waals surface area (Å²) in [6.07, 6.45) is 2.74. The van der Waals surface area contributed by atoms with Gasteiger partial charge in [0, 0.05) is 20.1 Å². The molecule has 0 amide bonds. The summed E-state index contributed by atoms with van der Waals surface area (Å²) in [5, 5.41) is 36.6. The van der Waals surface area contributed by atoms with Crippen molar-refractivity contribution in [2.75, 3.05) is 38.2 Å². The van der Waals surface area contributed by atoms with E-state index in [0.717, 1.165) is 24.3 Å². The number of hydrogen-bond donors (Lipinski definition) is 4. The highest BCUT2D eigenvalue weighted by Gasteiger charge is 2.16. The lowest BCUT2D eigenvalue weighted by atomic mass is 10.2. The van der Waals surface area contributed by atoms with Crippen LogP contribution in [-0.2, 0) is 10.1 Å². The van der Waals surface area contributed by atoms with Gasteiger partial charge >= 0.3 is 0 Å². The number of anilines is 1. The predicted molar refractivity (Wildman–Crippen MR) is 164 cm³/mol. The highest BCUT2D eigenvalue weighted by molar-refractivity contribution is 7.86. The van der Waals surface area contributed by atoms with Gasteiger partial charge in [0.15, 0.2) is 11.9 Å². The maximum atomic E-state index is 12.1.